The molecule has 0 aliphatic carbocycles. The highest BCUT2D eigenvalue weighted by Gasteiger charge is 2.39. The van der Waals surface area contributed by atoms with Gasteiger partial charge in [0.15, 0.2) is 5.69 Å². The number of carbonyl (C=O) groups excluding carboxylic acids is 2. The standard InChI is InChI=1S/C25H20F3N5O2S/c26-25(27,28)22-20(16-33(32-22)18-7-3-1-4-8-18)24(35)30-14-13-29-23(34)17-11-12-21(31-15-17)36-19-9-5-2-6-10-19/h1-12,15-16H,13-14H2,(H,29,34)(H,30,35). The van der Waals surface area contributed by atoms with Crippen LogP contribution in [0.1, 0.15) is 26.4 Å². The van der Waals surface area contributed by atoms with Gasteiger partial charge in [0.2, 0.25) is 0 Å². The maximum atomic E-state index is 13.4. The van der Waals surface area contributed by atoms with Crippen molar-refractivity contribution in [3.8, 4) is 5.69 Å². The van der Waals surface area contributed by atoms with Crippen molar-refractivity contribution in [3.63, 3.8) is 0 Å². The molecule has 0 aliphatic rings. The Bertz CT molecular complexity index is 1330. The minimum absolute atomic E-state index is 0.0132. The van der Waals surface area contributed by atoms with Crippen LogP contribution in [0.3, 0.4) is 0 Å². The second-order valence-electron chi connectivity index (χ2n) is 7.48. The Kier molecular flexibility index (Phi) is 7.69. The SMILES string of the molecule is O=C(NCCNC(=O)c1cn(-c2ccccc2)nc1C(F)(F)F)c1ccc(Sc2ccccc2)nc1. The van der Waals surface area contributed by atoms with Gasteiger partial charge in [0.05, 0.1) is 16.8 Å². The Hall–Kier alpha value is -4.12. The second-order valence-corrected chi connectivity index (χ2v) is 8.58. The van der Waals surface area contributed by atoms with Crippen LogP contribution in [0.15, 0.2) is 95.1 Å². The first-order valence-corrected chi connectivity index (χ1v) is 11.6. The summed E-state index contributed by atoms with van der Waals surface area (Å²) in [7, 11) is 0. The van der Waals surface area contributed by atoms with E-state index in [2.05, 4.69) is 20.7 Å². The zero-order valence-corrected chi connectivity index (χ0v) is 19.5. The van der Waals surface area contributed by atoms with E-state index >= 15 is 0 Å². The average Bonchev–Trinajstić information content (AvgIpc) is 3.35. The summed E-state index contributed by atoms with van der Waals surface area (Å²) in [6, 6.07) is 21.2. The summed E-state index contributed by atoms with van der Waals surface area (Å²) >= 11 is 1.46. The van der Waals surface area contributed by atoms with E-state index in [-0.39, 0.29) is 13.1 Å². The number of aromatic nitrogens is 3. The van der Waals surface area contributed by atoms with Gasteiger partial charge < -0.3 is 10.6 Å². The van der Waals surface area contributed by atoms with Gasteiger partial charge in [0.25, 0.3) is 11.8 Å². The normalized spacial score (nSPS) is 11.2. The van der Waals surface area contributed by atoms with E-state index in [0.717, 1.165) is 20.8 Å². The molecule has 2 heterocycles. The molecule has 2 aromatic carbocycles. The molecule has 11 heteroatoms. The van der Waals surface area contributed by atoms with Crippen LogP contribution < -0.4 is 10.6 Å². The molecule has 0 atom stereocenters. The molecule has 2 N–H and O–H groups in total. The summed E-state index contributed by atoms with van der Waals surface area (Å²) in [5.74, 6) is -1.36. The van der Waals surface area contributed by atoms with Gasteiger partial charge in [0, 0.05) is 30.4 Å². The van der Waals surface area contributed by atoms with Crippen LogP contribution in [0.25, 0.3) is 5.69 Å². The van der Waals surface area contributed by atoms with Crippen molar-refractivity contribution in [2.24, 2.45) is 0 Å². The first-order chi connectivity index (χ1) is 17.3. The molecule has 0 unspecified atom stereocenters. The Morgan fingerprint density at radius 2 is 1.50 bits per heavy atom. The lowest BCUT2D eigenvalue weighted by Crippen LogP contribution is -2.35. The molecule has 2 aromatic heterocycles. The minimum Gasteiger partial charge on any atom is -0.350 e. The molecule has 36 heavy (non-hydrogen) atoms. The van der Waals surface area contributed by atoms with Gasteiger partial charge in [-0.2, -0.15) is 18.3 Å². The van der Waals surface area contributed by atoms with Gasteiger partial charge in [0.1, 0.15) is 5.03 Å². The Labute approximate surface area is 208 Å². The molecule has 4 aromatic rings. The topological polar surface area (TPSA) is 88.9 Å². The number of nitrogens with one attached hydrogen (secondary N) is 2. The molecule has 0 fully saturated rings. The number of rotatable bonds is 8. The van der Waals surface area contributed by atoms with Crippen molar-refractivity contribution in [2.75, 3.05) is 13.1 Å². The molecule has 0 radical (unpaired) electrons. The summed E-state index contributed by atoms with van der Waals surface area (Å²) in [5.41, 5.74) is -1.18. The highest BCUT2D eigenvalue weighted by molar-refractivity contribution is 7.99. The van der Waals surface area contributed by atoms with Crippen LogP contribution in [0, 0.1) is 0 Å². The Balaban J connectivity index is 1.31. The predicted molar refractivity (Wildman–Crippen MR) is 128 cm³/mol. The molecular formula is C25H20F3N5O2S. The van der Waals surface area contributed by atoms with Gasteiger partial charge in [-0.1, -0.05) is 48.2 Å². The number of hydrogen-bond acceptors (Lipinski definition) is 5. The van der Waals surface area contributed by atoms with Crippen LogP contribution in [0.4, 0.5) is 13.2 Å². The lowest BCUT2D eigenvalue weighted by atomic mass is 10.2. The van der Waals surface area contributed by atoms with E-state index in [4.69, 9.17) is 0 Å². The van der Waals surface area contributed by atoms with E-state index in [1.807, 2.05) is 30.3 Å². The highest BCUT2D eigenvalue weighted by Crippen LogP contribution is 2.31. The van der Waals surface area contributed by atoms with Crippen LogP contribution in [0.5, 0.6) is 0 Å². The lowest BCUT2D eigenvalue weighted by Gasteiger charge is -2.08. The number of nitrogens with zero attached hydrogens (tertiary/aromatic N) is 3. The largest absolute Gasteiger partial charge is 0.435 e. The third-order valence-electron chi connectivity index (χ3n) is 4.91. The number of benzene rings is 2. The van der Waals surface area contributed by atoms with E-state index in [1.165, 1.54) is 18.0 Å². The molecule has 0 spiro atoms. The molecule has 2 amide bonds. The number of amides is 2. The quantitative estimate of drug-likeness (QED) is 0.338. The number of pyridine rings is 1. The molecule has 0 bridgehead atoms. The molecule has 7 nitrogen and oxygen atoms in total. The molecule has 0 saturated heterocycles. The van der Waals surface area contributed by atoms with Crippen molar-refractivity contribution in [2.45, 2.75) is 16.1 Å². The van der Waals surface area contributed by atoms with Crippen molar-refractivity contribution in [1.82, 2.24) is 25.4 Å². The fraction of sp³-hybridized carbons (Fsp3) is 0.120. The van der Waals surface area contributed by atoms with E-state index in [9.17, 15) is 22.8 Å². The molecule has 4 rings (SSSR count). The third kappa shape index (κ3) is 6.30. The van der Waals surface area contributed by atoms with Gasteiger partial charge in [-0.3, -0.25) is 9.59 Å². The minimum atomic E-state index is -4.81. The number of halogens is 3. The van der Waals surface area contributed by atoms with E-state index in [0.29, 0.717) is 11.3 Å². The lowest BCUT2D eigenvalue weighted by molar-refractivity contribution is -0.141. The average molecular weight is 512 g/mol. The summed E-state index contributed by atoms with van der Waals surface area (Å²) < 4.78 is 41.4. The van der Waals surface area contributed by atoms with Crippen molar-refractivity contribution in [3.05, 3.63) is 102 Å². The van der Waals surface area contributed by atoms with E-state index < -0.39 is 29.2 Å². The number of hydrogen-bond donors (Lipinski definition) is 2. The zero-order valence-electron chi connectivity index (χ0n) is 18.7. The molecule has 0 aliphatic heterocycles. The summed E-state index contributed by atoms with van der Waals surface area (Å²) in [6.45, 7) is -0.0625. The fourth-order valence-electron chi connectivity index (χ4n) is 3.20. The van der Waals surface area contributed by atoms with Gasteiger partial charge in [-0.15, -0.1) is 0 Å². The number of alkyl halides is 3. The third-order valence-corrected chi connectivity index (χ3v) is 5.87. The monoisotopic (exact) mass is 511 g/mol. The summed E-state index contributed by atoms with van der Waals surface area (Å²) in [6.07, 6.45) is -2.33. The molecule has 184 valence electrons. The van der Waals surface area contributed by atoms with Crippen LogP contribution in [0.2, 0.25) is 0 Å². The van der Waals surface area contributed by atoms with Crippen LogP contribution >= 0.6 is 11.8 Å². The van der Waals surface area contributed by atoms with Gasteiger partial charge >= 0.3 is 6.18 Å². The zero-order chi connectivity index (χ0) is 25.5. The number of carbonyl (C=O) groups is 2. The van der Waals surface area contributed by atoms with Crippen molar-refractivity contribution >= 4 is 23.6 Å². The van der Waals surface area contributed by atoms with Crippen LogP contribution in [-0.2, 0) is 6.18 Å². The first-order valence-electron chi connectivity index (χ1n) is 10.8. The predicted octanol–water partition coefficient (Wildman–Crippen LogP) is 4.60. The van der Waals surface area contributed by atoms with E-state index in [1.54, 1.807) is 42.5 Å². The first kappa shape index (κ1) is 25.0. The summed E-state index contributed by atoms with van der Waals surface area (Å²) in [4.78, 5) is 30.1. The van der Waals surface area contributed by atoms with Gasteiger partial charge in [-0.25, -0.2) is 9.67 Å². The van der Waals surface area contributed by atoms with Crippen molar-refractivity contribution < 1.29 is 22.8 Å². The molecule has 0 saturated carbocycles. The maximum absolute atomic E-state index is 13.4. The maximum Gasteiger partial charge on any atom is 0.435 e. The Morgan fingerprint density at radius 3 is 2.11 bits per heavy atom. The summed E-state index contributed by atoms with van der Waals surface area (Å²) in [5, 5.41) is 9.28. The highest BCUT2D eigenvalue weighted by atomic mass is 32.2. The van der Waals surface area contributed by atoms with Gasteiger partial charge in [-0.05, 0) is 36.4 Å². The smallest absolute Gasteiger partial charge is 0.350 e. The number of para-hydroxylation sites is 1. The van der Waals surface area contributed by atoms with Crippen molar-refractivity contribution in [1.29, 1.82) is 0 Å². The Morgan fingerprint density at radius 1 is 0.861 bits per heavy atom. The fourth-order valence-corrected chi connectivity index (χ4v) is 3.97. The van der Waals surface area contributed by atoms with Crippen LogP contribution in [-0.4, -0.2) is 39.7 Å². The molecular weight excluding hydrogens is 491 g/mol. The second kappa shape index (κ2) is 11.1.